The summed E-state index contributed by atoms with van der Waals surface area (Å²) in [7, 11) is 0. The topological polar surface area (TPSA) is 68.5 Å². The molecular formula is C18H20BrN3O2. The largest absolute Gasteiger partial charge is 0.439 e. The van der Waals surface area contributed by atoms with Gasteiger partial charge in [0, 0.05) is 29.8 Å². The van der Waals surface area contributed by atoms with E-state index in [9.17, 15) is 4.79 Å². The number of nitrogens with two attached hydrogens (primary N) is 1. The van der Waals surface area contributed by atoms with Gasteiger partial charge in [0.05, 0.1) is 5.56 Å². The molecule has 0 radical (unpaired) electrons. The molecule has 1 atom stereocenters. The van der Waals surface area contributed by atoms with E-state index in [2.05, 4.69) is 27.8 Å². The van der Waals surface area contributed by atoms with E-state index in [1.165, 1.54) is 0 Å². The lowest BCUT2D eigenvalue weighted by Crippen LogP contribution is -2.34. The zero-order valence-corrected chi connectivity index (χ0v) is 15.1. The van der Waals surface area contributed by atoms with Crippen LogP contribution in [-0.4, -0.2) is 35.4 Å². The summed E-state index contributed by atoms with van der Waals surface area (Å²) in [6, 6.07) is 11.0. The minimum absolute atomic E-state index is 0.00475. The summed E-state index contributed by atoms with van der Waals surface area (Å²) in [4.78, 5) is 18.6. The summed E-state index contributed by atoms with van der Waals surface area (Å²) in [6.07, 6.45) is 2.50. The lowest BCUT2D eigenvalue weighted by atomic mass is 9.90. The van der Waals surface area contributed by atoms with Crippen molar-refractivity contribution in [3.63, 3.8) is 0 Å². The Kier molecular flexibility index (Phi) is 4.87. The van der Waals surface area contributed by atoms with Crippen LogP contribution >= 0.6 is 15.9 Å². The predicted octanol–water partition coefficient (Wildman–Crippen LogP) is 3.45. The third-order valence-corrected chi connectivity index (χ3v) is 4.89. The maximum Gasteiger partial charge on any atom is 0.255 e. The molecule has 24 heavy (non-hydrogen) atoms. The SMILES string of the molecule is CC1(CN)CCN(C(=O)c2ccc(Oc3ccc(Br)cc3)nc2)C1. The number of benzene rings is 1. The van der Waals surface area contributed by atoms with Crippen LogP contribution < -0.4 is 10.5 Å². The molecule has 0 spiro atoms. The highest BCUT2D eigenvalue weighted by atomic mass is 79.9. The molecule has 6 heteroatoms. The summed E-state index contributed by atoms with van der Waals surface area (Å²) >= 11 is 3.38. The van der Waals surface area contributed by atoms with Gasteiger partial charge in [0.15, 0.2) is 0 Å². The fraction of sp³-hybridized carbons (Fsp3) is 0.333. The minimum atomic E-state index is -0.00475. The molecule has 1 aliphatic heterocycles. The van der Waals surface area contributed by atoms with E-state index >= 15 is 0 Å². The first-order valence-corrected chi connectivity index (χ1v) is 8.67. The molecule has 0 aliphatic carbocycles. The first-order chi connectivity index (χ1) is 11.5. The number of likely N-dealkylation sites (tertiary alicyclic amines) is 1. The van der Waals surface area contributed by atoms with Crippen LogP contribution in [0.4, 0.5) is 0 Å². The van der Waals surface area contributed by atoms with Gasteiger partial charge in [-0.15, -0.1) is 0 Å². The highest BCUT2D eigenvalue weighted by Gasteiger charge is 2.35. The molecule has 1 aliphatic rings. The van der Waals surface area contributed by atoms with E-state index in [0.717, 1.165) is 17.4 Å². The average molecular weight is 390 g/mol. The number of aromatic nitrogens is 1. The number of ether oxygens (including phenoxy) is 1. The molecule has 1 aromatic heterocycles. The maximum atomic E-state index is 12.6. The number of halogens is 1. The summed E-state index contributed by atoms with van der Waals surface area (Å²) in [6.45, 7) is 4.14. The Hall–Kier alpha value is -1.92. The van der Waals surface area contributed by atoms with Crippen molar-refractivity contribution in [1.29, 1.82) is 0 Å². The normalized spacial score (nSPS) is 20.2. The zero-order valence-electron chi connectivity index (χ0n) is 13.5. The molecule has 0 bridgehead atoms. The summed E-state index contributed by atoms with van der Waals surface area (Å²) in [5.74, 6) is 1.15. The van der Waals surface area contributed by atoms with Crippen LogP contribution in [0.1, 0.15) is 23.7 Å². The molecule has 1 unspecified atom stereocenters. The first kappa shape index (κ1) is 16.9. The maximum absolute atomic E-state index is 12.6. The van der Waals surface area contributed by atoms with E-state index in [1.54, 1.807) is 18.3 Å². The van der Waals surface area contributed by atoms with Crippen molar-refractivity contribution < 1.29 is 9.53 Å². The third kappa shape index (κ3) is 3.76. The second kappa shape index (κ2) is 6.91. The Bertz CT molecular complexity index is 718. The van der Waals surface area contributed by atoms with E-state index in [4.69, 9.17) is 10.5 Å². The Labute approximate surface area is 149 Å². The summed E-state index contributed by atoms with van der Waals surface area (Å²) < 4.78 is 6.66. The van der Waals surface area contributed by atoms with Crippen LogP contribution in [0.2, 0.25) is 0 Å². The lowest BCUT2D eigenvalue weighted by Gasteiger charge is -2.22. The van der Waals surface area contributed by atoms with Gasteiger partial charge in [-0.3, -0.25) is 4.79 Å². The van der Waals surface area contributed by atoms with Gasteiger partial charge in [-0.1, -0.05) is 22.9 Å². The summed E-state index contributed by atoms with van der Waals surface area (Å²) in [5.41, 5.74) is 6.39. The van der Waals surface area contributed by atoms with Crippen molar-refractivity contribution in [3.05, 3.63) is 52.6 Å². The van der Waals surface area contributed by atoms with Crippen molar-refractivity contribution in [1.82, 2.24) is 9.88 Å². The molecule has 1 fully saturated rings. The van der Waals surface area contributed by atoms with Crippen molar-refractivity contribution in [2.75, 3.05) is 19.6 Å². The predicted molar refractivity (Wildman–Crippen MR) is 96.1 cm³/mol. The van der Waals surface area contributed by atoms with E-state index < -0.39 is 0 Å². The Morgan fingerprint density at radius 2 is 2.08 bits per heavy atom. The van der Waals surface area contributed by atoms with Gasteiger partial charge in [0.25, 0.3) is 5.91 Å². The molecule has 3 rings (SSSR count). The highest BCUT2D eigenvalue weighted by Crippen LogP contribution is 2.29. The fourth-order valence-electron chi connectivity index (χ4n) is 2.74. The van der Waals surface area contributed by atoms with Gasteiger partial charge in [-0.25, -0.2) is 4.98 Å². The Morgan fingerprint density at radius 3 is 2.67 bits per heavy atom. The minimum Gasteiger partial charge on any atom is -0.439 e. The second-order valence-electron chi connectivity index (χ2n) is 6.43. The van der Waals surface area contributed by atoms with Crippen molar-refractivity contribution in [2.24, 2.45) is 11.1 Å². The Morgan fingerprint density at radius 1 is 1.33 bits per heavy atom. The summed E-state index contributed by atoms with van der Waals surface area (Å²) in [5, 5.41) is 0. The van der Waals surface area contributed by atoms with Gasteiger partial charge in [-0.05, 0) is 48.7 Å². The number of hydrogen-bond acceptors (Lipinski definition) is 4. The first-order valence-electron chi connectivity index (χ1n) is 7.88. The van der Waals surface area contributed by atoms with Gasteiger partial charge in [0.2, 0.25) is 5.88 Å². The van der Waals surface area contributed by atoms with Crippen LogP contribution in [0, 0.1) is 5.41 Å². The van der Waals surface area contributed by atoms with Crippen LogP contribution in [0.3, 0.4) is 0 Å². The standard InChI is InChI=1S/C18H20BrN3O2/c1-18(11-20)8-9-22(12-18)17(23)13-2-7-16(21-10-13)24-15-5-3-14(19)4-6-15/h2-7,10H,8-9,11-12,20H2,1H3. The van der Waals surface area contributed by atoms with Gasteiger partial charge >= 0.3 is 0 Å². The van der Waals surface area contributed by atoms with Crippen LogP contribution in [0.15, 0.2) is 47.1 Å². The number of amides is 1. The molecule has 2 N–H and O–H groups in total. The van der Waals surface area contributed by atoms with Gasteiger partial charge in [-0.2, -0.15) is 0 Å². The molecule has 2 aromatic rings. The van der Waals surface area contributed by atoms with Crippen molar-refractivity contribution in [3.8, 4) is 11.6 Å². The molecule has 126 valence electrons. The van der Waals surface area contributed by atoms with Gasteiger partial charge < -0.3 is 15.4 Å². The number of carbonyl (C=O) groups is 1. The molecule has 1 saturated heterocycles. The number of carbonyl (C=O) groups excluding carboxylic acids is 1. The van der Waals surface area contributed by atoms with E-state index in [-0.39, 0.29) is 11.3 Å². The molecule has 0 saturated carbocycles. The number of rotatable bonds is 4. The fourth-order valence-corrected chi connectivity index (χ4v) is 3.00. The van der Waals surface area contributed by atoms with Crippen molar-refractivity contribution >= 4 is 21.8 Å². The van der Waals surface area contributed by atoms with Crippen LogP contribution in [0.5, 0.6) is 11.6 Å². The lowest BCUT2D eigenvalue weighted by molar-refractivity contribution is 0.0776. The molecule has 1 aromatic carbocycles. The van der Waals surface area contributed by atoms with Crippen LogP contribution in [0.25, 0.3) is 0 Å². The zero-order chi connectivity index (χ0) is 17.2. The molecule has 1 amide bonds. The molecule has 2 heterocycles. The van der Waals surface area contributed by atoms with E-state index in [0.29, 0.717) is 30.3 Å². The highest BCUT2D eigenvalue weighted by molar-refractivity contribution is 9.10. The monoisotopic (exact) mass is 389 g/mol. The number of nitrogens with zero attached hydrogens (tertiary/aromatic N) is 2. The van der Waals surface area contributed by atoms with Gasteiger partial charge in [0.1, 0.15) is 5.75 Å². The average Bonchev–Trinajstić information content (AvgIpc) is 3.00. The third-order valence-electron chi connectivity index (χ3n) is 4.36. The second-order valence-corrected chi connectivity index (χ2v) is 7.35. The number of pyridine rings is 1. The molecular weight excluding hydrogens is 370 g/mol. The Balaban J connectivity index is 1.66. The quantitative estimate of drug-likeness (QED) is 0.869. The molecule has 5 nitrogen and oxygen atoms in total. The van der Waals surface area contributed by atoms with Crippen molar-refractivity contribution in [2.45, 2.75) is 13.3 Å². The van der Waals surface area contributed by atoms with E-state index in [1.807, 2.05) is 29.2 Å². The van der Waals surface area contributed by atoms with Crippen LogP contribution in [-0.2, 0) is 0 Å². The smallest absolute Gasteiger partial charge is 0.255 e. The number of hydrogen-bond donors (Lipinski definition) is 1.